The van der Waals surface area contributed by atoms with Crippen LogP contribution in [0.1, 0.15) is 18.9 Å². The number of nitro groups is 1. The molecule has 0 amide bonds. The van der Waals surface area contributed by atoms with Crippen LogP contribution in [-0.4, -0.2) is 36.1 Å². The molecule has 1 heterocycles. The Morgan fingerprint density at radius 2 is 2.30 bits per heavy atom. The number of ether oxygens (including phenoxy) is 1. The van der Waals surface area contributed by atoms with Crippen LogP contribution in [0.4, 0.5) is 5.69 Å². The van der Waals surface area contributed by atoms with Crippen LogP contribution < -0.4 is 10.5 Å². The van der Waals surface area contributed by atoms with E-state index in [1.165, 1.54) is 6.07 Å². The minimum atomic E-state index is -0.376. The number of methoxy groups -OCH3 is 1. The van der Waals surface area contributed by atoms with Crippen LogP contribution in [0.15, 0.2) is 18.2 Å². The molecular formula is C14H21N3O3. The third-order valence-corrected chi connectivity index (χ3v) is 3.97. The van der Waals surface area contributed by atoms with E-state index in [0.29, 0.717) is 30.8 Å². The summed E-state index contributed by atoms with van der Waals surface area (Å²) in [6, 6.07) is 5.17. The van der Waals surface area contributed by atoms with Gasteiger partial charge < -0.3 is 10.5 Å². The Balaban J connectivity index is 2.19. The maximum Gasteiger partial charge on any atom is 0.270 e. The van der Waals surface area contributed by atoms with Crippen molar-refractivity contribution in [3.8, 4) is 5.75 Å². The second kappa shape index (κ2) is 6.19. The van der Waals surface area contributed by atoms with Crippen LogP contribution >= 0.6 is 0 Å². The van der Waals surface area contributed by atoms with Gasteiger partial charge in [0.1, 0.15) is 5.75 Å². The summed E-state index contributed by atoms with van der Waals surface area (Å²) >= 11 is 0. The quantitative estimate of drug-likeness (QED) is 0.656. The maximum absolute atomic E-state index is 10.9. The van der Waals surface area contributed by atoms with Crippen molar-refractivity contribution >= 4 is 5.69 Å². The molecule has 1 aliphatic heterocycles. The third-order valence-electron chi connectivity index (χ3n) is 3.97. The molecule has 0 aliphatic carbocycles. The Morgan fingerprint density at radius 1 is 1.55 bits per heavy atom. The number of likely N-dealkylation sites (tertiary alicyclic amines) is 1. The van der Waals surface area contributed by atoms with Gasteiger partial charge in [-0.15, -0.1) is 0 Å². The number of rotatable bonds is 5. The predicted octanol–water partition coefficient (Wildman–Crippen LogP) is 1.77. The van der Waals surface area contributed by atoms with E-state index in [1.54, 1.807) is 19.2 Å². The molecule has 1 saturated heterocycles. The van der Waals surface area contributed by atoms with E-state index in [-0.39, 0.29) is 10.6 Å². The van der Waals surface area contributed by atoms with Gasteiger partial charge in [-0.05, 0) is 31.9 Å². The lowest BCUT2D eigenvalue weighted by Gasteiger charge is -2.22. The summed E-state index contributed by atoms with van der Waals surface area (Å²) in [5.74, 6) is 1.20. The van der Waals surface area contributed by atoms with Crippen molar-refractivity contribution in [2.45, 2.75) is 25.9 Å². The van der Waals surface area contributed by atoms with E-state index < -0.39 is 0 Å². The van der Waals surface area contributed by atoms with Crippen LogP contribution in [0.2, 0.25) is 0 Å². The van der Waals surface area contributed by atoms with Crippen molar-refractivity contribution in [2.24, 2.45) is 11.7 Å². The fraction of sp³-hybridized carbons (Fsp3) is 0.571. The topological polar surface area (TPSA) is 81.6 Å². The van der Waals surface area contributed by atoms with Gasteiger partial charge in [0.05, 0.1) is 12.0 Å². The number of nitrogens with zero attached hydrogens (tertiary/aromatic N) is 2. The highest BCUT2D eigenvalue weighted by Crippen LogP contribution is 2.29. The molecule has 0 radical (unpaired) electrons. The first-order valence-corrected chi connectivity index (χ1v) is 6.80. The van der Waals surface area contributed by atoms with Crippen molar-refractivity contribution in [3.63, 3.8) is 0 Å². The van der Waals surface area contributed by atoms with E-state index in [2.05, 4.69) is 11.8 Å². The second-order valence-electron chi connectivity index (χ2n) is 5.37. The fourth-order valence-corrected chi connectivity index (χ4v) is 2.83. The average molecular weight is 279 g/mol. The van der Waals surface area contributed by atoms with E-state index in [1.807, 2.05) is 0 Å². The van der Waals surface area contributed by atoms with E-state index in [0.717, 1.165) is 18.5 Å². The summed E-state index contributed by atoms with van der Waals surface area (Å²) < 4.78 is 5.30. The summed E-state index contributed by atoms with van der Waals surface area (Å²) in [6.45, 7) is 4.44. The molecule has 1 aliphatic rings. The Labute approximate surface area is 118 Å². The van der Waals surface area contributed by atoms with Crippen molar-refractivity contribution in [1.82, 2.24) is 4.90 Å². The first-order valence-electron chi connectivity index (χ1n) is 6.80. The van der Waals surface area contributed by atoms with E-state index >= 15 is 0 Å². The van der Waals surface area contributed by atoms with Gasteiger partial charge in [0, 0.05) is 36.8 Å². The molecule has 2 rings (SSSR count). The zero-order valence-electron chi connectivity index (χ0n) is 11.9. The summed E-state index contributed by atoms with van der Waals surface area (Å²) in [7, 11) is 1.58. The largest absolute Gasteiger partial charge is 0.496 e. The number of non-ortho nitro benzene ring substituents is 1. The summed E-state index contributed by atoms with van der Waals surface area (Å²) in [4.78, 5) is 12.8. The molecule has 1 aromatic carbocycles. The summed E-state index contributed by atoms with van der Waals surface area (Å²) in [6.07, 6.45) is 1.08. The molecular weight excluding hydrogens is 258 g/mol. The average Bonchev–Trinajstić information content (AvgIpc) is 2.79. The predicted molar refractivity (Wildman–Crippen MR) is 76.7 cm³/mol. The van der Waals surface area contributed by atoms with E-state index in [9.17, 15) is 10.1 Å². The SMILES string of the molecule is COc1ccc([N+](=O)[O-])cc1CN1CC(CN)CC1C. The van der Waals surface area contributed by atoms with Crippen LogP contribution in [-0.2, 0) is 6.54 Å². The molecule has 2 unspecified atom stereocenters. The van der Waals surface area contributed by atoms with Gasteiger partial charge in [-0.2, -0.15) is 0 Å². The Hall–Kier alpha value is -1.66. The van der Waals surface area contributed by atoms with Crippen molar-refractivity contribution in [2.75, 3.05) is 20.2 Å². The lowest BCUT2D eigenvalue weighted by atomic mass is 10.1. The highest BCUT2D eigenvalue weighted by molar-refractivity contribution is 5.43. The number of hydrogen-bond acceptors (Lipinski definition) is 5. The molecule has 0 aromatic heterocycles. The first-order chi connectivity index (χ1) is 9.55. The molecule has 110 valence electrons. The van der Waals surface area contributed by atoms with Gasteiger partial charge >= 0.3 is 0 Å². The molecule has 2 N–H and O–H groups in total. The molecule has 0 spiro atoms. The zero-order chi connectivity index (χ0) is 14.7. The summed E-state index contributed by atoms with van der Waals surface area (Å²) in [5, 5.41) is 10.9. The molecule has 1 aromatic rings. The first kappa shape index (κ1) is 14.7. The smallest absolute Gasteiger partial charge is 0.270 e. The number of nitro benzene ring substituents is 1. The van der Waals surface area contributed by atoms with Gasteiger partial charge in [-0.3, -0.25) is 15.0 Å². The minimum Gasteiger partial charge on any atom is -0.496 e. The third kappa shape index (κ3) is 3.08. The second-order valence-corrected chi connectivity index (χ2v) is 5.37. The Bertz CT molecular complexity index is 493. The normalized spacial score (nSPS) is 22.9. The Morgan fingerprint density at radius 3 is 2.85 bits per heavy atom. The van der Waals surface area contributed by atoms with Crippen molar-refractivity contribution in [3.05, 3.63) is 33.9 Å². The highest BCUT2D eigenvalue weighted by Gasteiger charge is 2.28. The lowest BCUT2D eigenvalue weighted by Crippen LogP contribution is -2.27. The van der Waals surface area contributed by atoms with Crippen LogP contribution in [0.3, 0.4) is 0 Å². The monoisotopic (exact) mass is 279 g/mol. The molecule has 6 heteroatoms. The van der Waals surface area contributed by atoms with Crippen molar-refractivity contribution in [1.29, 1.82) is 0 Å². The van der Waals surface area contributed by atoms with Crippen molar-refractivity contribution < 1.29 is 9.66 Å². The van der Waals surface area contributed by atoms with Gasteiger partial charge in [0.15, 0.2) is 0 Å². The van der Waals surface area contributed by atoms with Gasteiger partial charge in [0.2, 0.25) is 0 Å². The molecule has 1 fully saturated rings. The lowest BCUT2D eigenvalue weighted by molar-refractivity contribution is -0.385. The minimum absolute atomic E-state index is 0.100. The molecule has 0 bridgehead atoms. The van der Waals surface area contributed by atoms with Crippen LogP contribution in [0, 0.1) is 16.0 Å². The zero-order valence-corrected chi connectivity index (χ0v) is 11.9. The number of hydrogen-bond donors (Lipinski definition) is 1. The Kier molecular flexibility index (Phi) is 4.57. The number of nitrogens with two attached hydrogens (primary N) is 1. The van der Waals surface area contributed by atoms with Crippen LogP contribution in [0.25, 0.3) is 0 Å². The molecule has 20 heavy (non-hydrogen) atoms. The highest BCUT2D eigenvalue weighted by atomic mass is 16.6. The van der Waals surface area contributed by atoms with Gasteiger partial charge in [-0.25, -0.2) is 0 Å². The van der Waals surface area contributed by atoms with Gasteiger partial charge in [-0.1, -0.05) is 0 Å². The fourth-order valence-electron chi connectivity index (χ4n) is 2.83. The van der Waals surface area contributed by atoms with Gasteiger partial charge in [0.25, 0.3) is 5.69 Å². The molecule has 2 atom stereocenters. The van der Waals surface area contributed by atoms with Crippen LogP contribution in [0.5, 0.6) is 5.75 Å². The maximum atomic E-state index is 10.9. The van der Waals surface area contributed by atoms with E-state index in [4.69, 9.17) is 10.5 Å². The molecule has 0 saturated carbocycles. The summed E-state index contributed by atoms with van der Waals surface area (Å²) in [5.41, 5.74) is 6.68. The number of benzene rings is 1. The molecule has 6 nitrogen and oxygen atoms in total. The standard InChI is InChI=1S/C14H21N3O3/c1-10-5-11(7-15)8-16(10)9-12-6-13(17(18)19)3-4-14(12)20-2/h3-4,6,10-11H,5,7-9,15H2,1-2H3.